The normalized spacial score (nSPS) is 18.4. The quantitative estimate of drug-likeness (QED) is 0.668. The highest BCUT2D eigenvalue weighted by molar-refractivity contribution is 5.92. The van der Waals surface area contributed by atoms with Gasteiger partial charge in [-0.2, -0.15) is 0 Å². The summed E-state index contributed by atoms with van der Waals surface area (Å²) in [6, 6.07) is 17.8. The lowest BCUT2D eigenvalue weighted by Crippen LogP contribution is -2.34. The summed E-state index contributed by atoms with van der Waals surface area (Å²) in [5.41, 5.74) is 1.84. The summed E-state index contributed by atoms with van der Waals surface area (Å²) in [6.07, 6.45) is 2.85. The molecule has 2 N–H and O–H groups in total. The van der Waals surface area contributed by atoms with Crippen LogP contribution in [0.2, 0.25) is 0 Å². The van der Waals surface area contributed by atoms with Gasteiger partial charge in [-0.15, -0.1) is 12.4 Å². The van der Waals surface area contributed by atoms with Crippen LogP contribution in [0.5, 0.6) is 5.75 Å². The van der Waals surface area contributed by atoms with Crippen molar-refractivity contribution in [3.05, 3.63) is 60.2 Å². The van der Waals surface area contributed by atoms with E-state index in [-0.39, 0.29) is 24.4 Å². The Bertz CT molecular complexity index is 732. The number of ether oxygens (including phenoxy) is 1. The van der Waals surface area contributed by atoms with E-state index in [0.29, 0.717) is 24.0 Å². The van der Waals surface area contributed by atoms with Gasteiger partial charge < -0.3 is 15.4 Å². The zero-order chi connectivity index (χ0) is 19.1. The summed E-state index contributed by atoms with van der Waals surface area (Å²) < 4.78 is 6.13. The smallest absolute Gasteiger partial charge is 0.224 e. The van der Waals surface area contributed by atoms with Crippen LogP contribution < -0.4 is 15.4 Å². The molecule has 0 radical (unpaired) electrons. The largest absolute Gasteiger partial charge is 0.484 e. The van der Waals surface area contributed by atoms with Crippen LogP contribution in [-0.2, 0) is 4.79 Å². The predicted molar refractivity (Wildman–Crippen MR) is 117 cm³/mol. The number of carbonyl (C=O) groups excluding carboxylic acids is 1. The number of carbonyl (C=O) groups is 1. The Labute approximate surface area is 174 Å². The number of benzene rings is 2. The van der Waals surface area contributed by atoms with Gasteiger partial charge in [0.1, 0.15) is 11.9 Å². The number of piperidine rings is 1. The summed E-state index contributed by atoms with van der Waals surface area (Å²) >= 11 is 0. The number of halogens is 1. The Hall–Kier alpha value is -2.04. The Morgan fingerprint density at radius 1 is 1.14 bits per heavy atom. The molecule has 3 unspecified atom stereocenters. The van der Waals surface area contributed by atoms with Crippen molar-refractivity contribution in [1.29, 1.82) is 0 Å². The van der Waals surface area contributed by atoms with E-state index in [2.05, 4.69) is 17.6 Å². The van der Waals surface area contributed by atoms with Crippen LogP contribution in [-0.4, -0.2) is 19.0 Å². The fourth-order valence-electron chi connectivity index (χ4n) is 3.68. The van der Waals surface area contributed by atoms with Gasteiger partial charge in [-0.1, -0.05) is 49.4 Å². The second-order valence-corrected chi connectivity index (χ2v) is 7.50. The maximum Gasteiger partial charge on any atom is 0.224 e. The first-order valence-electron chi connectivity index (χ1n) is 9.94. The third-order valence-corrected chi connectivity index (χ3v) is 5.38. The topological polar surface area (TPSA) is 50.4 Å². The highest BCUT2D eigenvalue weighted by Crippen LogP contribution is 2.30. The van der Waals surface area contributed by atoms with E-state index < -0.39 is 0 Å². The van der Waals surface area contributed by atoms with Gasteiger partial charge in [0.2, 0.25) is 5.91 Å². The zero-order valence-corrected chi connectivity index (χ0v) is 17.5. The first-order valence-corrected chi connectivity index (χ1v) is 9.94. The number of hydrogen-bond acceptors (Lipinski definition) is 3. The second-order valence-electron chi connectivity index (χ2n) is 7.50. The van der Waals surface area contributed by atoms with E-state index in [9.17, 15) is 4.79 Å². The monoisotopic (exact) mass is 402 g/mol. The van der Waals surface area contributed by atoms with Crippen molar-refractivity contribution in [2.24, 2.45) is 11.8 Å². The molecule has 1 aliphatic heterocycles. The molecule has 5 heteroatoms. The molecule has 0 aromatic heterocycles. The standard InChI is InChI=1S/C23H30N2O2.ClH/c1-17(20-11-8-14-24-16-20)15-23(26)25-21-12-6-7-13-22(21)27-18(2)19-9-4-3-5-10-19;/h3-7,9-10,12-13,17-18,20,24H,8,11,14-16H2,1-2H3,(H,25,26);1H. The van der Waals surface area contributed by atoms with Crippen molar-refractivity contribution in [1.82, 2.24) is 5.32 Å². The molecule has 2 aromatic rings. The summed E-state index contributed by atoms with van der Waals surface area (Å²) in [7, 11) is 0. The first-order chi connectivity index (χ1) is 13.1. The summed E-state index contributed by atoms with van der Waals surface area (Å²) in [5.74, 6) is 1.70. The number of nitrogens with one attached hydrogen (secondary N) is 2. The molecule has 4 nitrogen and oxygen atoms in total. The van der Waals surface area contributed by atoms with Gasteiger partial charge in [-0.05, 0) is 62.4 Å². The lowest BCUT2D eigenvalue weighted by Gasteiger charge is -2.28. The lowest BCUT2D eigenvalue weighted by atomic mass is 9.85. The summed E-state index contributed by atoms with van der Waals surface area (Å²) in [5, 5.41) is 6.49. The fraction of sp³-hybridized carbons (Fsp3) is 0.435. The Balaban J connectivity index is 0.00000280. The molecule has 28 heavy (non-hydrogen) atoms. The molecular weight excluding hydrogens is 372 g/mol. The molecule has 1 fully saturated rings. The van der Waals surface area contributed by atoms with Crippen molar-refractivity contribution < 1.29 is 9.53 Å². The van der Waals surface area contributed by atoms with Crippen LogP contribution in [0.4, 0.5) is 5.69 Å². The molecular formula is C23H31ClN2O2. The van der Waals surface area contributed by atoms with Crippen LogP contribution in [0.15, 0.2) is 54.6 Å². The average molecular weight is 403 g/mol. The van der Waals surface area contributed by atoms with Gasteiger partial charge in [-0.3, -0.25) is 4.79 Å². The molecule has 1 aliphatic rings. The molecule has 1 saturated heterocycles. The van der Waals surface area contributed by atoms with Crippen molar-refractivity contribution in [2.75, 3.05) is 18.4 Å². The Morgan fingerprint density at radius 3 is 2.57 bits per heavy atom. The number of hydrogen-bond donors (Lipinski definition) is 2. The van der Waals surface area contributed by atoms with E-state index in [1.165, 1.54) is 12.8 Å². The molecule has 3 atom stereocenters. The minimum absolute atomic E-state index is 0. The van der Waals surface area contributed by atoms with E-state index in [1.807, 2.05) is 61.5 Å². The van der Waals surface area contributed by atoms with Crippen molar-refractivity contribution in [3.63, 3.8) is 0 Å². The van der Waals surface area contributed by atoms with Crippen LogP contribution in [0.1, 0.15) is 44.8 Å². The molecule has 0 saturated carbocycles. The minimum Gasteiger partial charge on any atom is -0.484 e. The van der Waals surface area contributed by atoms with Crippen LogP contribution >= 0.6 is 12.4 Å². The third-order valence-electron chi connectivity index (χ3n) is 5.38. The molecule has 1 amide bonds. The van der Waals surface area contributed by atoms with Gasteiger partial charge >= 0.3 is 0 Å². The third kappa shape index (κ3) is 6.25. The number of amides is 1. The molecule has 1 heterocycles. The summed E-state index contributed by atoms with van der Waals surface area (Å²) in [6.45, 7) is 6.31. The zero-order valence-electron chi connectivity index (χ0n) is 16.7. The highest BCUT2D eigenvalue weighted by Gasteiger charge is 2.22. The SMILES string of the molecule is CC(Oc1ccccc1NC(=O)CC(C)C1CCCNC1)c1ccccc1.Cl. The molecule has 0 bridgehead atoms. The molecule has 3 rings (SSSR count). The van der Waals surface area contributed by atoms with Gasteiger partial charge in [0.15, 0.2) is 0 Å². The average Bonchev–Trinajstić information content (AvgIpc) is 2.70. The highest BCUT2D eigenvalue weighted by atomic mass is 35.5. The number of rotatable bonds is 7. The van der Waals surface area contributed by atoms with E-state index in [1.54, 1.807) is 0 Å². The minimum atomic E-state index is -0.0866. The van der Waals surface area contributed by atoms with Gasteiger partial charge in [0, 0.05) is 6.42 Å². The second kappa shape index (κ2) is 11.1. The Kier molecular flexibility index (Phi) is 8.81. The fourth-order valence-corrected chi connectivity index (χ4v) is 3.68. The Morgan fingerprint density at radius 2 is 1.86 bits per heavy atom. The predicted octanol–water partition coefficient (Wildman–Crippen LogP) is 5.21. The van der Waals surface area contributed by atoms with E-state index in [4.69, 9.17) is 4.74 Å². The number of anilines is 1. The lowest BCUT2D eigenvalue weighted by molar-refractivity contribution is -0.117. The van der Waals surface area contributed by atoms with Gasteiger partial charge in [0.25, 0.3) is 0 Å². The van der Waals surface area contributed by atoms with Gasteiger partial charge in [-0.25, -0.2) is 0 Å². The van der Waals surface area contributed by atoms with Crippen LogP contribution in [0, 0.1) is 11.8 Å². The molecule has 2 aromatic carbocycles. The first kappa shape index (κ1) is 22.3. The summed E-state index contributed by atoms with van der Waals surface area (Å²) in [4.78, 5) is 12.6. The maximum absolute atomic E-state index is 12.6. The molecule has 0 spiro atoms. The van der Waals surface area contributed by atoms with Gasteiger partial charge in [0.05, 0.1) is 5.69 Å². The molecule has 0 aliphatic carbocycles. The molecule has 152 valence electrons. The van der Waals surface area contributed by atoms with E-state index >= 15 is 0 Å². The number of para-hydroxylation sites is 2. The van der Waals surface area contributed by atoms with Crippen molar-refractivity contribution in [2.45, 2.75) is 39.2 Å². The van der Waals surface area contributed by atoms with E-state index in [0.717, 1.165) is 24.3 Å². The van der Waals surface area contributed by atoms with Crippen LogP contribution in [0.3, 0.4) is 0 Å². The van der Waals surface area contributed by atoms with Crippen molar-refractivity contribution in [3.8, 4) is 5.75 Å². The maximum atomic E-state index is 12.6. The van der Waals surface area contributed by atoms with Crippen LogP contribution in [0.25, 0.3) is 0 Å². The van der Waals surface area contributed by atoms with Crippen molar-refractivity contribution >= 4 is 24.0 Å².